The minimum atomic E-state index is -4.33. The van der Waals surface area contributed by atoms with Crippen LogP contribution < -0.4 is 5.32 Å². The largest absolute Gasteiger partial charge is 0.391 e. The van der Waals surface area contributed by atoms with Crippen LogP contribution in [-0.2, 0) is 24.4 Å². The second-order valence-corrected chi connectivity index (χ2v) is 6.11. The van der Waals surface area contributed by atoms with Crippen LogP contribution in [0.5, 0.6) is 0 Å². The van der Waals surface area contributed by atoms with Gasteiger partial charge in [-0.3, -0.25) is 9.35 Å². The van der Waals surface area contributed by atoms with Crippen molar-refractivity contribution in [1.29, 1.82) is 0 Å². The van der Waals surface area contributed by atoms with Crippen LogP contribution in [0.4, 0.5) is 0 Å². The number of hydrogen-bond acceptors (Lipinski definition) is 6. The molecule has 1 saturated heterocycles. The van der Waals surface area contributed by atoms with Crippen LogP contribution in [0.15, 0.2) is 0 Å². The summed E-state index contributed by atoms with van der Waals surface area (Å²) in [7, 11) is -3.10. The lowest BCUT2D eigenvalue weighted by molar-refractivity contribution is -0.276. The van der Waals surface area contributed by atoms with E-state index in [2.05, 4.69) is 5.32 Å². The molecule has 1 aliphatic heterocycles. The van der Waals surface area contributed by atoms with E-state index < -0.39 is 39.9 Å². The second kappa shape index (κ2) is 5.71. The molecule has 1 rings (SSSR count). The Labute approximate surface area is 111 Å². The normalized spacial score (nSPS) is 35.9. The molecule has 0 bridgehead atoms. The molecule has 9 heteroatoms. The number of nitrogens with one attached hydrogen (secondary N) is 1. The maximum Gasteiger partial charge on any atom is 0.270 e. The van der Waals surface area contributed by atoms with E-state index >= 15 is 0 Å². The van der Waals surface area contributed by atoms with Gasteiger partial charge in [0.05, 0.1) is 18.2 Å². The van der Waals surface area contributed by atoms with Gasteiger partial charge < -0.3 is 19.9 Å². The molecule has 0 aliphatic carbocycles. The number of amides is 1. The Bertz CT molecular complexity index is 423. The Morgan fingerprint density at radius 2 is 2.16 bits per heavy atom. The van der Waals surface area contributed by atoms with Crippen LogP contribution in [0, 0.1) is 0 Å². The molecule has 1 aliphatic rings. The molecule has 3 N–H and O–H groups in total. The molecule has 4 atom stereocenters. The van der Waals surface area contributed by atoms with E-state index in [-0.39, 0.29) is 12.3 Å². The van der Waals surface area contributed by atoms with Gasteiger partial charge in [-0.2, -0.15) is 8.42 Å². The lowest BCUT2D eigenvalue weighted by atomic mass is 9.94. The monoisotopic (exact) mass is 297 g/mol. The highest BCUT2D eigenvalue weighted by molar-refractivity contribution is 7.85. The summed E-state index contributed by atoms with van der Waals surface area (Å²) in [6.45, 7) is 2.87. The maximum atomic E-state index is 11.0. The quantitative estimate of drug-likeness (QED) is 0.562. The Hall–Kier alpha value is -0.740. The Kier molecular flexibility index (Phi) is 4.91. The number of carbonyl (C=O) groups excluding carboxylic acids is 1. The van der Waals surface area contributed by atoms with E-state index in [0.717, 1.165) is 0 Å². The number of carbonyl (C=O) groups is 1. The molecular formula is C10H19NO7S. The predicted molar refractivity (Wildman–Crippen MR) is 64.9 cm³/mol. The van der Waals surface area contributed by atoms with Crippen molar-refractivity contribution < 1.29 is 32.3 Å². The summed E-state index contributed by atoms with van der Waals surface area (Å²) < 4.78 is 41.3. The Balaban J connectivity index is 2.89. The number of methoxy groups -OCH3 is 1. The first kappa shape index (κ1) is 16.3. The fraction of sp³-hybridized carbons (Fsp3) is 0.900. The van der Waals surface area contributed by atoms with Gasteiger partial charge in [-0.15, -0.1) is 0 Å². The molecule has 1 fully saturated rings. The lowest BCUT2D eigenvalue weighted by Crippen LogP contribution is -2.62. The lowest BCUT2D eigenvalue weighted by Gasteiger charge is -2.44. The van der Waals surface area contributed by atoms with E-state index in [1.54, 1.807) is 6.92 Å². The van der Waals surface area contributed by atoms with Gasteiger partial charge in [0.1, 0.15) is 5.75 Å². The molecule has 0 spiro atoms. The summed E-state index contributed by atoms with van der Waals surface area (Å²) in [6, 6.07) is -0.665. The first-order valence-corrected chi connectivity index (χ1v) is 7.33. The predicted octanol–water partition coefficient (Wildman–Crippen LogP) is -1.11. The fourth-order valence-corrected chi connectivity index (χ4v) is 3.09. The molecule has 19 heavy (non-hydrogen) atoms. The molecule has 0 saturated carbocycles. The van der Waals surface area contributed by atoms with Gasteiger partial charge in [-0.05, 0) is 6.92 Å². The van der Waals surface area contributed by atoms with Gasteiger partial charge in [0.15, 0.2) is 5.79 Å². The molecule has 1 amide bonds. The molecular weight excluding hydrogens is 278 g/mol. The molecule has 1 heterocycles. The van der Waals surface area contributed by atoms with Gasteiger partial charge in [0.25, 0.3) is 10.1 Å². The zero-order chi connectivity index (χ0) is 14.8. The molecule has 8 nitrogen and oxygen atoms in total. The average Bonchev–Trinajstić information content (AvgIpc) is 2.21. The van der Waals surface area contributed by atoms with Gasteiger partial charge in [-0.1, -0.05) is 0 Å². The third kappa shape index (κ3) is 4.39. The van der Waals surface area contributed by atoms with Crippen molar-refractivity contribution in [2.45, 2.75) is 44.3 Å². The van der Waals surface area contributed by atoms with Crippen molar-refractivity contribution in [2.75, 3.05) is 12.9 Å². The van der Waals surface area contributed by atoms with Crippen molar-refractivity contribution >= 4 is 16.0 Å². The highest BCUT2D eigenvalue weighted by atomic mass is 32.2. The van der Waals surface area contributed by atoms with E-state index in [1.807, 2.05) is 0 Å². The van der Waals surface area contributed by atoms with Crippen LogP contribution >= 0.6 is 0 Å². The summed E-state index contributed by atoms with van der Waals surface area (Å²) in [5.74, 6) is -2.74. The number of hydrogen-bond donors (Lipinski definition) is 3. The summed E-state index contributed by atoms with van der Waals surface area (Å²) in [6.07, 6.45) is -1.90. The van der Waals surface area contributed by atoms with Gasteiger partial charge in [-0.25, -0.2) is 0 Å². The van der Waals surface area contributed by atoms with Crippen LogP contribution in [0.1, 0.15) is 20.3 Å². The van der Waals surface area contributed by atoms with Gasteiger partial charge in [0, 0.05) is 20.5 Å². The first-order chi connectivity index (χ1) is 8.58. The van der Waals surface area contributed by atoms with Gasteiger partial charge >= 0.3 is 0 Å². The van der Waals surface area contributed by atoms with Crippen molar-refractivity contribution in [3.05, 3.63) is 0 Å². The summed E-state index contributed by atoms with van der Waals surface area (Å²) in [5, 5.41) is 12.5. The molecule has 0 unspecified atom stereocenters. The molecule has 0 radical (unpaired) electrons. The number of rotatable bonds is 4. The van der Waals surface area contributed by atoms with Crippen LogP contribution in [-0.4, -0.2) is 60.9 Å². The summed E-state index contributed by atoms with van der Waals surface area (Å²) >= 11 is 0. The van der Waals surface area contributed by atoms with Crippen molar-refractivity contribution in [3.63, 3.8) is 0 Å². The number of aliphatic hydroxyl groups excluding tert-OH is 1. The third-order valence-corrected chi connectivity index (χ3v) is 3.79. The highest BCUT2D eigenvalue weighted by Crippen LogP contribution is 2.31. The topological polar surface area (TPSA) is 122 Å². The summed E-state index contributed by atoms with van der Waals surface area (Å²) in [4.78, 5) is 11.0. The highest BCUT2D eigenvalue weighted by Gasteiger charge is 2.48. The van der Waals surface area contributed by atoms with E-state index in [4.69, 9.17) is 14.0 Å². The minimum absolute atomic E-state index is 0.182. The Morgan fingerprint density at radius 1 is 1.58 bits per heavy atom. The zero-order valence-corrected chi connectivity index (χ0v) is 11.8. The molecule has 112 valence electrons. The van der Waals surface area contributed by atoms with Crippen LogP contribution in [0.3, 0.4) is 0 Å². The number of aliphatic hydroxyl groups is 1. The standard InChI is InChI=1S/C10H19NO7S/c1-6-9(11-7(2)12)8(13)4-10(17-3,18-6)5-19(14,15)16/h6,8-9,13H,4-5H2,1-3H3,(H,11,12)(H,14,15,16)/t6-,8-,9-,10-/m0/s1. The Morgan fingerprint density at radius 3 is 2.53 bits per heavy atom. The maximum absolute atomic E-state index is 11.0. The molecule has 0 aromatic heterocycles. The number of ether oxygens (including phenoxy) is 2. The van der Waals surface area contributed by atoms with Crippen LogP contribution in [0.25, 0.3) is 0 Å². The average molecular weight is 297 g/mol. The van der Waals surface area contributed by atoms with E-state index in [9.17, 15) is 18.3 Å². The summed E-state index contributed by atoms with van der Waals surface area (Å²) in [5.41, 5.74) is 0. The van der Waals surface area contributed by atoms with Gasteiger partial charge in [0.2, 0.25) is 5.91 Å². The molecule has 0 aromatic carbocycles. The molecule has 0 aromatic rings. The van der Waals surface area contributed by atoms with Crippen molar-refractivity contribution in [3.8, 4) is 0 Å². The van der Waals surface area contributed by atoms with Crippen molar-refractivity contribution in [1.82, 2.24) is 5.32 Å². The van der Waals surface area contributed by atoms with E-state index in [1.165, 1.54) is 14.0 Å². The van der Waals surface area contributed by atoms with Crippen molar-refractivity contribution in [2.24, 2.45) is 0 Å². The second-order valence-electron chi connectivity index (χ2n) is 4.66. The first-order valence-electron chi connectivity index (χ1n) is 5.72. The third-order valence-electron chi connectivity index (χ3n) is 2.99. The van der Waals surface area contributed by atoms with E-state index in [0.29, 0.717) is 0 Å². The van der Waals surface area contributed by atoms with Crippen LogP contribution in [0.2, 0.25) is 0 Å². The minimum Gasteiger partial charge on any atom is -0.391 e. The fourth-order valence-electron chi connectivity index (χ4n) is 2.23. The smallest absolute Gasteiger partial charge is 0.270 e. The SMILES string of the molecule is CO[C@@]1(CS(=O)(=O)O)C[C@H](O)[C@@H](NC(C)=O)[C@H](C)O1. The zero-order valence-electron chi connectivity index (χ0n) is 11.0.